The third kappa shape index (κ3) is 3.63. The SMILES string of the molecule is CN1C(=O)c2ccccc2N(CCCl)P1N(CCCl)CCCl. The van der Waals surface area contributed by atoms with Gasteiger partial charge in [-0.2, -0.15) is 0 Å². The Morgan fingerprint density at radius 3 is 2.32 bits per heavy atom. The summed E-state index contributed by atoms with van der Waals surface area (Å²) < 4.78 is 6.18. The molecule has 2 rings (SSSR count). The lowest BCUT2D eigenvalue weighted by Crippen LogP contribution is -2.44. The van der Waals surface area contributed by atoms with Gasteiger partial charge in [0.15, 0.2) is 8.37 Å². The van der Waals surface area contributed by atoms with Crippen molar-refractivity contribution in [3.05, 3.63) is 29.8 Å². The van der Waals surface area contributed by atoms with E-state index in [2.05, 4.69) is 9.34 Å². The maximum absolute atomic E-state index is 12.7. The van der Waals surface area contributed by atoms with Crippen LogP contribution >= 0.6 is 43.2 Å². The van der Waals surface area contributed by atoms with E-state index in [1.165, 1.54) is 0 Å². The topological polar surface area (TPSA) is 26.8 Å². The predicted molar refractivity (Wildman–Crippen MR) is 96.5 cm³/mol. The zero-order valence-corrected chi connectivity index (χ0v) is 15.5. The summed E-state index contributed by atoms with van der Waals surface area (Å²) in [6.45, 7) is 2.03. The Balaban J connectivity index is 2.44. The van der Waals surface area contributed by atoms with Crippen LogP contribution in [0.25, 0.3) is 0 Å². The summed E-state index contributed by atoms with van der Waals surface area (Å²) in [6, 6.07) is 7.66. The lowest BCUT2D eigenvalue weighted by molar-refractivity contribution is 0.0877. The summed E-state index contributed by atoms with van der Waals surface area (Å²) in [4.78, 5) is 12.7. The summed E-state index contributed by atoms with van der Waals surface area (Å²) in [7, 11) is 0.828. The van der Waals surface area contributed by atoms with Crippen LogP contribution in [0.3, 0.4) is 0 Å². The van der Waals surface area contributed by atoms with Crippen LogP contribution in [0.5, 0.6) is 0 Å². The molecule has 1 aromatic rings. The quantitative estimate of drug-likeness (QED) is 0.530. The number of anilines is 1. The molecule has 0 saturated carbocycles. The first-order valence-corrected chi connectivity index (χ1v) is 9.83. The van der Waals surface area contributed by atoms with E-state index in [0.29, 0.717) is 42.8 Å². The third-order valence-corrected chi connectivity index (χ3v) is 6.40. The van der Waals surface area contributed by atoms with Crippen molar-refractivity contribution in [1.29, 1.82) is 0 Å². The van der Waals surface area contributed by atoms with E-state index in [-0.39, 0.29) is 5.91 Å². The van der Waals surface area contributed by atoms with Crippen molar-refractivity contribution in [2.75, 3.05) is 49.0 Å². The fourth-order valence-electron chi connectivity index (χ4n) is 2.51. The number of halogens is 3. The summed E-state index contributed by atoms with van der Waals surface area (Å²) in [5.74, 6) is 1.51. The number of hydrogen-bond acceptors (Lipinski definition) is 3. The first-order chi connectivity index (χ1) is 10.7. The highest BCUT2D eigenvalue weighted by Crippen LogP contribution is 2.54. The molecule has 0 fully saturated rings. The second-order valence-corrected chi connectivity index (χ2v) is 8.08. The predicted octanol–water partition coefficient (Wildman–Crippen LogP) is 3.82. The number of nitrogens with zero attached hydrogens (tertiary/aromatic N) is 3. The molecule has 1 unspecified atom stereocenters. The summed E-state index contributed by atoms with van der Waals surface area (Å²) >= 11 is 17.9. The van der Waals surface area contributed by atoms with E-state index in [1.807, 2.05) is 31.3 Å². The van der Waals surface area contributed by atoms with Crippen LogP contribution in [0, 0.1) is 0 Å². The van der Waals surface area contributed by atoms with Crippen molar-refractivity contribution in [3.8, 4) is 0 Å². The van der Waals surface area contributed by atoms with E-state index < -0.39 is 8.37 Å². The number of benzene rings is 1. The molecule has 1 aliphatic heterocycles. The Morgan fingerprint density at radius 1 is 1.09 bits per heavy atom. The van der Waals surface area contributed by atoms with E-state index in [4.69, 9.17) is 34.8 Å². The number of alkyl halides is 3. The summed E-state index contributed by atoms with van der Waals surface area (Å²) in [5.41, 5.74) is 1.65. The third-order valence-electron chi connectivity index (χ3n) is 3.43. The minimum absolute atomic E-state index is 0.0293. The van der Waals surface area contributed by atoms with Crippen molar-refractivity contribution >= 4 is 54.8 Å². The van der Waals surface area contributed by atoms with Gasteiger partial charge in [-0.05, 0) is 12.1 Å². The van der Waals surface area contributed by atoms with Gasteiger partial charge in [0.25, 0.3) is 5.91 Å². The Labute approximate surface area is 147 Å². The van der Waals surface area contributed by atoms with Gasteiger partial charge in [0.1, 0.15) is 0 Å². The van der Waals surface area contributed by atoms with Gasteiger partial charge in [0.05, 0.1) is 11.3 Å². The first-order valence-electron chi connectivity index (χ1n) is 7.03. The van der Waals surface area contributed by atoms with Crippen LogP contribution in [0.1, 0.15) is 10.4 Å². The lowest BCUT2D eigenvalue weighted by atomic mass is 10.1. The molecule has 1 heterocycles. The zero-order chi connectivity index (χ0) is 16.1. The molecular weight excluding hydrogens is 364 g/mol. The molecule has 22 heavy (non-hydrogen) atoms. The molecule has 0 saturated heterocycles. The molecular formula is C14H19Cl3N3OP. The Hall–Kier alpha value is -0.250. The monoisotopic (exact) mass is 381 g/mol. The van der Waals surface area contributed by atoms with Gasteiger partial charge in [-0.15, -0.1) is 34.8 Å². The number of carbonyl (C=O) groups excluding carboxylic acids is 1. The summed E-state index contributed by atoms with van der Waals surface area (Å²) in [6.07, 6.45) is 0. The van der Waals surface area contributed by atoms with Gasteiger partial charge < -0.3 is 4.67 Å². The average Bonchev–Trinajstić information content (AvgIpc) is 2.53. The highest BCUT2D eigenvalue weighted by atomic mass is 35.5. The smallest absolute Gasteiger partial charge is 0.261 e. The maximum atomic E-state index is 12.7. The standard InChI is InChI=1S/C14H19Cl3N3OP/c1-18-14(21)12-4-2-3-5-13(12)20(11-8-17)22(18)19(9-6-15)10-7-16/h2-5H,6-11H2,1H3. The summed E-state index contributed by atoms with van der Waals surface area (Å²) in [5, 5.41) is 0. The van der Waals surface area contributed by atoms with Crippen molar-refractivity contribution in [3.63, 3.8) is 0 Å². The molecule has 1 aliphatic rings. The fraction of sp³-hybridized carbons (Fsp3) is 0.500. The van der Waals surface area contributed by atoms with Crippen molar-refractivity contribution < 1.29 is 4.79 Å². The maximum Gasteiger partial charge on any atom is 0.261 e. The normalized spacial score (nSPS) is 18.0. The fourth-order valence-corrected chi connectivity index (χ4v) is 5.93. The number of fused-ring (bicyclic) bond motifs is 1. The molecule has 0 N–H and O–H groups in total. The average molecular weight is 383 g/mol. The van der Waals surface area contributed by atoms with Crippen molar-refractivity contribution in [2.45, 2.75) is 0 Å². The first kappa shape index (κ1) is 18.1. The van der Waals surface area contributed by atoms with Gasteiger partial charge in [0.2, 0.25) is 0 Å². The minimum Gasteiger partial charge on any atom is -0.319 e. The van der Waals surface area contributed by atoms with Crippen LogP contribution in [0.15, 0.2) is 24.3 Å². The highest BCUT2D eigenvalue weighted by Gasteiger charge is 2.39. The Bertz CT molecular complexity index is 514. The van der Waals surface area contributed by atoms with Gasteiger partial charge in [-0.1, -0.05) is 12.1 Å². The number of para-hydroxylation sites is 1. The lowest BCUT2D eigenvalue weighted by Gasteiger charge is -2.47. The van der Waals surface area contributed by atoms with Crippen LogP contribution in [-0.4, -0.2) is 59.6 Å². The zero-order valence-electron chi connectivity index (χ0n) is 12.4. The molecule has 1 aromatic carbocycles. The van der Waals surface area contributed by atoms with Crippen molar-refractivity contribution in [1.82, 2.24) is 9.34 Å². The van der Waals surface area contributed by atoms with E-state index in [0.717, 1.165) is 5.69 Å². The van der Waals surface area contributed by atoms with E-state index in [9.17, 15) is 4.79 Å². The number of carbonyl (C=O) groups is 1. The second kappa shape index (κ2) is 8.56. The van der Waals surface area contributed by atoms with Gasteiger partial charge in [-0.25, -0.2) is 4.67 Å². The molecule has 0 radical (unpaired) electrons. The number of amides is 1. The molecule has 0 bridgehead atoms. The number of rotatable bonds is 7. The molecule has 1 atom stereocenters. The number of hydrogen-bond donors (Lipinski definition) is 0. The van der Waals surface area contributed by atoms with E-state index in [1.54, 1.807) is 4.67 Å². The van der Waals surface area contributed by atoms with Gasteiger partial charge in [0, 0.05) is 44.3 Å². The van der Waals surface area contributed by atoms with E-state index >= 15 is 0 Å². The Morgan fingerprint density at radius 2 is 1.73 bits per heavy atom. The molecule has 0 aromatic heterocycles. The van der Waals surface area contributed by atoms with Crippen molar-refractivity contribution in [2.24, 2.45) is 0 Å². The van der Waals surface area contributed by atoms with Crippen LogP contribution in [0.2, 0.25) is 0 Å². The van der Waals surface area contributed by atoms with Crippen LogP contribution in [-0.2, 0) is 0 Å². The van der Waals surface area contributed by atoms with Crippen LogP contribution < -0.4 is 4.67 Å². The minimum atomic E-state index is -1.01. The Kier molecular flexibility index (Phi) is 7.04. The van der Waals surface area contributed by atoms with Gasteiger partial charge >= 0.3 is 0 Å². The molecule has 8 heteroatoms. The van der Waals surface area contributed by atoms with Gasteiger partial charge in [-0.3, -0.25) is 9.46 Å². The molecule has 122 valence electrons. The largest absolute Gasteiger partial charge is 0.319 e. The molecule has 0 spiro atoms. The second-order valence-electron chi connectivity index (χ2n) is 4.76. The van der Waals surface area contributed by atoms with Crippen LogP contribution in [0.4, 0.5) is 5.69 Å². The molecule has 0 aliphatic carbocycles. The molecule has 1 amide bonds. The highest BCUT2D eigenvalue weighted by molar-refractivity contribution is 7.55. The molecule has 4 nitrogen and oxygen atoms in total.